The van der Waals surface area contributed by atoms with Crippen molar-refractivity contribution >= 4 is 10.9 Å². The quantitative estimate of drug-likeness (QED) is 0.787. The van der Waals surface area contributed by atoms with E-state index in [1.807, 2.05) is 0 Å². The second-order valence-electron chi connectivity index (χ2n) is 4.29. The largest absolute Gasteiger partial charge is 0.378 e. The number of nitrogens with zero attached hydrogens (tertiary/aromatic N) is 1. The first-order valence-corrected chi connectivity index (χ1v) is 5.71. The molecule has 3 heteroatoms. The Hall–Kier alpha value is -1.32. The van der Waals surface area contributed by atoms with E-state index in [2.05, 4.69) is 47.4 Å². The van der Waals surface area contributed by atoms with Gasteiger partial charge in [0.25, 0.3) is 0 Å². The van der Waals surface area contributed by atoms with Gasteiger partial charge in [-0.3, -0.25) is 0 Å². The second kappa shape index (κ2) is 3.92. The van der Waals surface area contributed by atoms with E-state index < -0.39 is 0 Å². The molecule has 1 aromatic heterocycles. The lowest BCUT2D eigenvalue weighted by molar-refractivity contribution is 0.0773. The van der Waals surface area contributed by atoms with Crippen molar-refractivity contribution in [2.75, 3.05) is 19.8 Å². The van der Waals surface area contributed by atoms with Crippen LogP contribution in [0.1, 0.15) is 11.6 Å². The molecule has 1 atom stereocenters. The molecular weight excluding hydrogens is 200 g/mol. The lowest BCUT2D eigenvalue weighted by Gasteiger charge is -2.24. The van der Waals surface area contributed by atoms with Crippen molar-refractivity contribution in [1.29, 1.82) is 0 Å². The molecule has 1 N–H and O–H groups in total. The molecule has 1 saturated heterocycles. The van der Waals surface area contributed by atoms with Gasteiger partial charge in [-0.15, -0.1) is 0 Å². The standard InChI is InChI=1S/C13H16N2O/c1-15-7-5-11-10(3-2-4-13(11)15)12-9-16-8-6-14-12/h2-5,7,12,14H,6,8-9H2,1H3. The minimum atomic E-state index is 0.333. The van der Waals surface area contributed by atoms with Crippen LogP contribution in [0.3, 0.4) is 0 Å². The highest BCUT2D eigenvalue weighted by Gasteiger charge is 2.17. The molecule has 0 saturated carbocycles. The van der Waals surface area contributed by atoms with E-state index in [0.29, 0.717) is 6.04 Å². The first-order valence-electron chi connectivity index (χ1n) is 5.71. The molecule has 0 radical (unpaired) electrons. The maximum Gasteiger partial charge on any atom is 0.0662 e. The number of ether oxygens (including phenoxy) is 1. The summed E-state index contributed by atoms with van der Waals surface area (Å²) in [6.45, 7) is 2.53. The fourth-order valence-electron chi connectivity index (χ4n) is 2.40. The first kappa shape index (κ1) is 9.87. The summed E-state index contributed by atoms with van der Waals surface area (Å²) in [6.07, 6.45) is 2.11. The second-order valence-corrected chi connectivity index (χ2v) is 4.29. The number of hydrogen-bond donors (Lipinski definition) is 1. The van der Waals surface area contributed by atoms with Crippen LogP contribution in [0, 0.1) is 0 Å². The maximum atomic E-state index is 5.52. The van der Waals surface area contributed by atoms with Crippen molar-refractivity contribution in [3.63, 3.8) is 0 Å². The summed E-state index contributed by atoms with van der Waals surface area (Å²) in [5.41, 5.74) is 2.63. The van der Waals surface area contributed by atoms with Gasteiger partial charge < -0.3 is 14.6 Å². The van der Waals surface area contributed by atoms with Gasteiger partial charge in [-0.1, -0.05) is 12.1 Å². The molecule has 1 fully saturated rings. The Labute approximate surface area is 95.0 Å². The molecule has 2 aromatic rings. The van der Waals surface area contributed by atoms with Gasteiger partial charge in [0.1, 0.15) is 0 Å². The molecule has 3 nitrogen and oxygen atoms in total. The maximum absolute atomic E-state index is 5.52. The topological polar surface area (TPSA) is 26.2 Å². The van der Waals surface area contributed by atoms with Crippen molar-refractivity contribution in [1.82, 2.24) is 9.88 Å². The molecule has 2 heterocycles. The van der Waals surface area contributed by atoms with Crippen molar-refractivity contribution in [2.24, 2.45) is 7.05 Å². The van der Waals surface area contributed by atoms with Crippen LogP contribution in [-0.2, 0) is 11.8 Å². The molecule has 1 unspecified atom stereocenters. The first-order chi connectivity index (χ1) is 7.86. The predicted molar refractivity (Wildman–Crippen MR) is 64.5 cm³/mol. The van der Waals surface area contributed by atoms with Crippen LogP contribution in [0.4, 0.5) is 0 Å². The number of hydrogen-bond acceptors (Lipinski definition) is 2. The summed E-state index contributed by atoms with van der Waals surface area (Å²) >= 11 is 0. The Bertz CT molecular complexity index is 498. The number of fused-ring (bicyclic) bond motifs is 1. The number of benzene rings is 1. The molecule has 0 aliphatic carbocycles. The molecule has 0 spiro atoms. The number of rotatable bonds is 1. The molecule has 0 bridgehead atoms. The molecule has 16 heavy (non-hydrogen) atoms. The highest BCUT2D eigenvalue weighted by molar-refractivity contribution is 5.84. The lowest BCUT2D eigenvalue weighted by atomic mass is 10.0. The zero-order valence-electron chi connectivity index (χ0n) is 9.44. The van der Waals surface area contributed by atoms with Crippen LogP contribution >= 0.6 is 0 Å². The van der Waals surface area contributed by atoms with E-state index in [9.17, 15) is 0 Å². The van der Waals surface area contributed by atoms with E-state index in [1.165, 1.54) is 16.5 Å². The Kier molecular flexibility index (Phi) is 2.42. The Balaban J connectivity index is 2.08. The van der Waals surface area contributed by atoms with Gasteiger partial charge in [0.15, 0.2) is 0 Å². The third kappa shape index (κ3) is 1.52. The van der Waals surface area contributed by atoms with Crippen molar-refractivity contribution < 1.29 is 4.74 Å². The smallest absolute Gasteiger partial charge is 0.0662 e. The van der Waals surface area contributed by atoms with Crippen LogP contribution in [0.5, 0.6) is 0 Å². The van der Waals surface area contributed by atoms with E-state index in [1.54, 1.807) is 0 Å². The van der Waals surface area contributed by atoms with Gasteiger partial charge in [0, 0.05) is 30.7 Å². The van der Waals surface area contributed by atoms with Crippen LogP contribution in [0.15, 0.2) is 30.5 Å². The fraction of sp³-hybridized carbons (Fsp3) is 0.385. The highest BCUT2D eigenvalue weighted by Crippen LogP contribution is 2.25. The molecule has 1 aliphatic rings. The van der Waals surface area contributed by atoms with Crippen molar-refractivity contribution in [3.8, 4) is 0 Å². The van der Waals surface area contributed by atoms with Crippen LogP contribution < -0.4 is 5.32 Å². The number of morpholine rings is 1. The average molecular weight is 216 g/mol. The highest BCUT2D eigenvalue weighted by atomic mass is 16.5. The van der Waals surface area contributed by atoms with Crippen LogP contribution in [-0.4, -0.2) is 24.3 Å². The zero-order valence-corrected chi connectivity index (χ0v) is 9.44. The van der Waals surface area contributed by atoms with Gasteiger partial charge in [-0.25, -0.2) is 0 Å². The number of aryl methyl sites for hydroxylation is 1. The lowest BCUT2D eigenvalue weighted by Crippen LogP contribution is -2.34. The minimum absolute atomic E-state index is 0.333. The Morgan fingerprint density at radius 1 is 1.38 bits per heavy atom. The Morgan fingerprint density at radius 3 is 3.12 bits per heavy atom. The van der Waals surface area contributed by atoms with Gasteiger partial charge in [-0.2, -0.15) is 0 Å². The Morgan fingerprint density at radius 2 is 2.31 bits per heavy atom. The van der Waals surface area contributed by atoms with E-state index >= 15 is 0 Å². The van der Waals surface area contributed by atoms with E-state index in [0.717, 1.165) is 19.8 Å². The number of nitrogens with one attached hydrogen (secondary N) is 1. The molecular formula is C13H16N2O. The van der Waals surface area contributed by atoms with Gasteiger partial charge in [-0.05, 0) is 17.7 Å². The normalized spacial score (nSPS) is 21.4. The monoisotopic (exact) mass is 216 g/mol. The third-order valence-electron chi connectivity index (χ3n) is 3.26. The average Bonchev–Trinajstić information content (AvgIpc) is 2.73. The molecule has 0 amide bonds. The van der Waals surface area contributed by atoms with Crippen LogP contribution in [0.25, 0.3) is 10.9 Å². The third-order valence-corrected chi connectivity index (χ3v) is 3.26. The van der Waals surface area contributed by atoms with Crippen molar-refractivity contribution in [2.45, 2.75) is 6.04 Å². The summed E-state index contributed by atoms with van der Waals surface area (Å²) in [6, 6.07) is 8.98. The van der Waals surface area contributed by atoms with E-state index in [4.69, 9.17) is 4.74 Å². The van der Waals surface area contributed by atoms with Gasteiger partial charge in [0.05, 0.1) is 19.3 Å². The minimum Gasteiger partial charge on any atom is -0.378 e. The number of aromatic nitrogens is 1. The summed E-state index contributed by atoms with van der Waals surface area (Å²) < 4.78 is 7.68. The van der Waals surface area contributed by atoms with Crippen LogP contribution in [0.2, 0.25) is 0 Å². The summed E-state index contributed by atoms with van der Waals surface area (Å²) in [4.78, 5) is 0. The fourth-order valence-corrected chi connectivity index (χ4v) is 2.40. The molecule has 1 aromatic carbocycles. The predicted octanol–water partition coefficient (Wildman–Crippen LogP) is 1.84. The summed E-state index contributed by atoms with van der Waals surface area (Å²) in [7, 11) is 2.08. The van der Waals surface area contributed by atoms with Gasteiger partial charge >= 0.3 is 0 Å². The zero-order chi connectivity index (χ0) is 11.0. The van der Waals surface area contributed by atoms with Gasteiger partial charge in [0.2, 0.25) is 0 Å². The SMILES string of the molecule is Cn1ccc2c(C3COCCN3)cccc21. The van der Waals surface area contributed by atoms with Crippen molar-refractivity contribution in [3.05, 3.63) is 36.0 Å². The molecule has 1 aliphatic heterocycles. The molecule has 3 rings (SSSR count). The summed E-state index contributed by atoms with van der Waals surface area (Å²) in [5, 5.41) is 4.83. The van der Waals surface area contributed by atoms with E-state index in [-0.39, 0.29) is 0 Å². The summed E-state index contributed by atoms with van der Waals surface area (Å²) in [5.74, 6) is 0. The molecule has 84 valence electrons.